The fraction of sp³-hybridized carbons (Fsp3) is 0.294. The molecule has 108 valence electrons. The normalized spacial score (nSPS) is 28.8. The number of fused-ring (bicyclic) bond motifs is 1. The van der Waals surface area contributed by atoms with Crippen LogP contribution in [0.1, 0.15) is 12.8 Å². The van der Waals surface area contributed by atoms with Crippen LogP contribution in [0.3, 0.4) is 0 Å². The Labute approximate surface area is 128 Å². The number of anilines is 1. The number of rotatable bonds is 2. The van der Waals surface area contributed by atoms with Gasteiger partial charge in [0.15, 0.2) is 7.57 Å². The molecular formula is C17H22BN2P. The monoisotopic (exact) mass is 296 g/mol. The van der Waals surface area contributed by atoms with Crippen molar-refractivity contribution in [1.82, 2.24) is 4.67 Å². The van der Waals surface area contributed by atoms with Gasteiger partial charge < -0.3 is 0 Å². The van der Waals surface area contributed by atoms with Crippen LogP contribution in [0.15, 0.2) is 60.7 Å². The van der Waals surface area contributed by atoms with E-state index in [0.717, 1.165) is 6.04 Å². The van der Waals surface area contributed by atoms with Crippen LogP contribution in [-0.4, -0.2) is 31.4 Å². The largest absolute Gasteiger partial charge is 0.270 e. The second-order valence-electron chi connectivity index (χ2n) is 5.50. The van der Waals surface area contributed by atoms with Crippen LogP contribution < -0.4 is 9.97 Å². The summed E-state index contributed by atoms with van der Waals surface area (Å²) in [4.78, 5) is 0. The zero-order chi connectivity index (χ0) is 14.3. The van der Waals surface area contributed by atoms with E-state index < -0.39 is 7.44 Å². The molecule has 4 rings (SSSR count). The Morgan fingerprint density at radius 2 is 1.62 bits per heavy atom. The molecule has 2 aliphatic rings. The molecule has 2 atom stereocenters. The standard InChI is InChI=1S/C17H22BN2P/c18-21(17-11-5-2-6-12-17)19-13-7-10-16(19)14-20(21)15-8-3-1-4-9-15/h1-6,8-9,11-12,16H,7,10,13-14H2,18H3/t16-,21?/m0/s1. The zero-order valence-electron chi connectivity index (χ0n) is 11.5. The number of nitrogens with zero attached hydrogens (tertiary/aromatic N) is 2. The number of benzene rings is 2. The maximum atomic E-state index is 2.93. The molecule has 1 unspecified atom stereocenters. The van der Waals surface area contributed by atoms with Crippen LogP contribution in [0.4, 0.5) is 5.69 Å². The summed E-state index contributed by atoms with van der Waals surface area (Å²) in [7, 11) is -0.993. The lowest BCUT2D eigenvalue weighted by molar-refractivity contribution is 0.465. The van der Waals surface area contributed by atoms with Crippen LogP contribution in [0.2, 0.25) is 0 Å². The van der Waals surface area contributed by atoms with Gasteiger partial charge in [-0.2, -0.15) is 4.67 Å². The summed E-state index contributed by atoms with van der Waals surface area (Å²) in [6.45, 7) is 2.57. The topological polar surface area (TPSA) is 6.48 Å². The lowest BCUT2D eigenvalue weighted by atomic mass is 10.2. The molecule has 4 heteroatoms. The lowest BCUT2D eigenvalue weighted by Gasteiger charge is -2.39. The van der Waals surface area contributed by atoms with Crippen LogP contribution >= 0.6 is 7.44 Å². The fourth-order valence-electron chi connectivity index (χ4n) is 3.33. The molecule has 21 heavy (non-hydrogen) atoms. The molecule has 0 aliphatic carbocycles. The average Bonchev–Trinajstić information content (AvgIpc) is 3.12. The second kappa shape index (κ2) is 5.16. The van der Waals surface area contributed by atoms with Gasteiger partial charge in [-0.25, -0.2) is 0 Å². The van der Waals surface area contributed by atoms with Gasteiger partial charge in [0.2, 0.25) is 0 Å². The highest BCUT2D eigenvalue weighted by Crippen LogP contribution is 2.67. The molecule has 0 spiro atoms. The summed E-state index contributed by atoms with van der Waals surface area (Å²) in [5.74, 6) is 0. The predicted molar refractivity (Wildman–Crippen MR) is 96.5 cm³/mol. The molecule has 2 saturated heterocycles. The first-order valence-electron chi connectivity index (χ1n) is 7.38. The van der Waals surface area contributed by atoms with E-state index in [4.69, 9.17) is 0 Å². The highest BCUT2D eigenvalue weighted by Gasteiger charge is 2.53. The second-order valence-corrected chi connectivity index (χ2v) is 7.59. The number of hydrogen-bond acceptors (Lipinski definition) is 2. The van der Waals surface area contributed by atoms with Gasteiger partial charge in [-0.05, 0) is 37.1 Å². The minimum atomic E-state index is -1.19. The van der Waals surface area contributed by atoms with Gasteiger partial charge >= 0.3 is 0 Å². The fourth-order valence-corrected chi connectivity index (χ4v) is 6.15. The highest BCUT2D eigenvalue weighted by molar-refractivity contribution is 8.02. The van der Waals surface area contributed by atoms with E-state index in [1.807, 2.05) is 0 Å². The van der Waals surface area contributed by atoms with Crippen molar-refractivity contribution in [3.05, 3.63) is 60.7 Å². The Morgan fingerprint density at radius 3 is 2.33 bits per heavy atom. The van der Waals surface area contributed by atoms with Gasteiger partial charge in [-0.1, -0.05) is 36.4 Å². The van der Waals surface area contributed by atoms with Gasteiger partial charge in [0.1, 0.15) is 0 Å². The van der Waals surface area contributed by atoms with Crippen molar-refractivity contribution >= 4 is 26.0 Å². The van der Waals surface area contributed by atoms with Crippen LogP contribution in [0.5, 0.6) is 0 Å². The number of hydrogen-bond donors (Lipinski definition) is 0. The van der Waals surface area contributed by atoms with Crippen LogP contribution in [0, 0.1) is 0 Å². The molecule has 0 N–H and O–H groups in total. The Hall–Kier alpha value is -1.31. The Kier molecular flexibility index (Phi) is 3.28. The molecular weight excluding hydrogens is 274 g/mol. The average molecular weight is 296 g/mol. The molecule has 2 fully saturated rings. The summed E-state index contributed by atoms with van der Waals surface area (Å²) in [6.07, 6.45) is 2.79. The van der Waals surface area contributed by atoms with E-state index in [-0.39, 0.29) is 7.57 Å². The van der Waals surface area contributed by atoms with E-state index >= 15 is 0 Å². The van der Waals surface area contributed by atoms with E-state index in [0.29, 0.717) is 0 Å². The Morgan fingerprint density at radius 1 is 0.952 bits per heavy atom. The van der Waals surface area contributed by atoms with E-state index in [9.17, 15) is 0 Å². The lowest BCUT2D eigenvalue weighted by Crippen LogP contribution is -2.33. The van der Waals surface area contributed by atoms with E-state index in [2.05, 4.69) is 70.0 Å². The molecule has 0 radical (unpaired) electrons. The molecule has 0 amide bonds. The summed E-state index contributed by atoms with van der Waals surface area (Å²) in [5, 5.41) is 1.62. The van der Waals surface area contributed by atoms with Gasteiger partial charge in [0.25, 0.3) is 0 Å². The third-order valence-electron chi connectivity index (χ3n) is 4.24. The van der Waals surface area contributed by atoms with Gasteiger partial charge in [-0.15, -0.1) is 0 Å². The van der Waals surface area contributed by atoms with Crippen molar-refractivity contribution in [2.24, 2.45) is 0 Å². The number of para-hydroxylation sites is 1. The summed E-state index contributed by atoms with van der Waals surface area (Å²) in [5.41, 5.74) is 1.44. The first kappa shape index (κ1) is 13.4. The zero-order valence-corrected chi connectivity index (χ0v) is 12.4. The van der Waals surface area contributed by atoms with Crippen LogP contribution in [0.25, 0.3) is 0 Å². The van der Waals surface area contributed by atoms with Gasteiger partial charge in [0, 0.05) is 14.0 Å². The molecule has 2 heterocycles. The molecule has 2 nitrogen and oxygen atoms in total. The third kappa shape index (κ3) is 2.03. The Balaban J connectivity index is 1.83. The quantitative estimate of drug-likeness (QED) is 0.620. The highest BCUT2D eigenvalue weighted by atomic mass is 31.2. The SMILES string of the molecule is [BH3-][P+]1(c2ccccc2)N(c2ccccc2)C[C@@H]2CCCN21. The molecule has 0 bridgehead atoms. The first-order valence-corrected chi connectivity index (χ1v) is 8.62. The predicted octanol–water partition coefficient (Wildman–Crippen LogP) is 2.42. The minimum Gasteiger partial charge on any atom is -0.270 e. The smallest absolute Gasteiger partial charge is 0.175 e. The molecule has 2 aliphatic heterocycles. The van der Waals surface area contributed by atoms with Crippen molar-refractivity contribution < 1.29 is 0 Å². The minimum absolute atomic E-state index is 0.199. The van der Waals surface area contributed by atoms with E-state index in [1.54, 1.807) is 5.30 Å². The van der Waals surface area contributed by atoms with Crippen molar-refractivity contribution in [1.29, 1.82) is 0 Å². The summed E-state index contributed by atoms with van der Waals surface area (Å²) < 4.78 is 5.74. The molecule has 2 aromatic rings. The van der Waals surface area contributed by atoms with Crippen molar-refractivity contribution in [2.45, 2.75) is 18.9 Å². The Bertz CT molecular complexity index is 621. The molecule has 0 saturated carbocycles. The summed E-state index contributed by atoms with van der Waals surface area (Å²) in [6, 6.07) is 23.3. The summed E-state index contributed by atoms with van der Waals surface area (Å²) >= 11 is 0. The molecule has 2 aromatic carbocycles. The van der Waals surface area contributed by atoms with E-state index in [1.165, 1.54) is 31.6 Å². The van der Waals surface area contributed by atoms with Gasteiger partial charge in [0.05, 0.1) is 23.6 Å². The maximum absolute atomic E-state index is 2.93. The first-order chi connectivity index (χ1) is 10.3. The van der Waals surface area contributed by atoms with Crippen LogP contribution in [-0.2, 0) is 0 Å². The molecule has 0 aromatic heterocycles. The van der Waals surface area contributed by atoms with Crippen molar-refractivity contribution in [2.75, 3.05) is 17.8 Å². The maximum Gasteiger partial charge on any atom is 0.175 e. The van der Waals surface area contributed by atoms with Crippen molar-refractivity contribution in [3.8, 4) is 0 Å². The van der Waals surface area contributed by atoms with Gasteiger partial charge in [-0.3, -0.25) is 4.67 Å². The van der Waals surface area contributed by atoms with Crippen molar-refractivity contribution in [3.63, 3.8) is 0 Å². The third-order valence-corrected chi connectivity index (χ3v) is 6.87.